The summed E-state index contributed by atoms with van der Waals surface area (Å²) in [4.78, 5) is 0. The van der Waals surface area contributed by atoms with Crippen LogP contribution in [0.4, 0.5) is 0 Å². The highest BCUT2D eigenvalue weighted by Gasteiger charge is 2.24. The van der Waals surface area contributed by atoms with Gasteiger partial charge in [0.05, 0.1) is 0 Å². The molecule has 0 atom stereocenters. The molecule has 0 spiro atoms. The summed E-state index contributed by atoms with van der Waals surface area (Å²) in [6.07, 6.45) is 30.0. The molecule has 0 amide bonds. The van der Waals surface area contributed by atoms with Crippen molar-refractivity contribution >= 4 is 19.7 Å². The maximum atomic E-state index is 2.38. The molecule has 2 heteroatoms. The maximum Gasteiger partial charge on any atom is -0.0359 e. The van der Waals surface area contributed by atoms with E-state index >= 15 is 0 Å². The Balaban J connectivity index is 0. The van der Waals surface area contributed by atoms with Gasteiger partial charge in [0.25, 0.3) is 0 Å². The fourth-order valence-electron chi connectivity index (χ4n) is 4.09. The molecule has 0 aliphatic carbocycles. The van der Waals surface area contributed by atoms with Gasteiger partial charge in [0.15, 0.2) is 0 Å². The lowest BCUT2D eigenvalue weighted by Gasteiger charge is -2.37. The molecule has 0 aromatic heterocycles. The molecule has 0 nitrogen and oxygen atoms in total. The van der Waals surface area contributed by atoms with Crippen molar-refractivity contribution in [1.82, 2.24) is 0 Å². The molecular weight excluding hydrogens is 355 g/mol. The third-order valence-electron chi connectivity index (χ3n) is 5.94. The van der Waals surface area contributed by atoms with Crippen molar-refractivity contribution in [3.05, 3.63) is 0 Å². The van der Waals surface area contributed by atoms with Gasteiger partial charge in [0, 0.05) is 0 Å². The van der Waals surface area contributed by atoms with Crippen LogP contribution in [0.3, 0.4) is 0 Å². The number of unbranched alkanes of at least 4 members (excludes halogenated alkanes) is 12. The van der Waals surface area contributed by atoms with Crippen molar-refractivity contribution in [3.63, 3.8) is 0 Å². The molecule has 161 valence electrons. The van der Waals surface area contributed by atoms with Crippen LogP contribution in [-0.2, 0) is 0 Å². The second kappa shape index (κ2) is 22.0. The highest BCUT2D eigenvalue weighted by Crippen LogP contribution is 2.61. The predicted octanol–water partition coefficient (Wildman–Crippen LogP) is 9.75. The summed E-state index contributed by atoms with van der Waals surface area (Å²) in [6, 6.07) is 0. The fraction of sp³-hybridized carbons (Fsp3) is 1.00. The highest BCUT2D eigenvalue weighted by molar-refractivity contribution is 7.75. The van der Waals surface area contributed by atoms with Crippen LogP contribution in [0.2, 0.25) is 0 Å². The van der Waals surface area contributed by atoms with Crippen molar-refractivity contribution in [2.45, 2.75) is 130 Å². The minimum absolute atomic E-state index is 0. The van der Waals surface area contributed by atoms with Crippen molar-refractivity contribution in [2.75, 3.05) is 24.6 Å². The number of hydrogen-bond donors (Lipinski definition) is 0. The van der Waals surface area contributed by atoms with Crippen molar-refractivity contribution < 1.29 is 0 Å². The van der Waals surface area contributed by atoms with Gasteiger partial charge in [-0.05, 0) is 50.3 Å². The van der Waals surface area contributed by atoms with Crippen LogP contribution in [-0.4, -0.2) is 24.6 Å². The summed E-state index contributed by atoms with van der Waals surface area (Å²) in [7, 11) is -0.620. The second-order valence-corrected chi connectivity index (χ2v) is 13.0. The Hall–Kier alpha value is 0.720. The smallest absolute Gasteiger partial charge is 0.0359 e. The van der Waals surface area contributed by atoms with E-state index in [0.29, 0.717) is 0 Å². The zero-order valence-corrected chi connectivity index (χ0v) is 20.7. The van der Waals surface area contributed by atoms with E-state index in [-0.39, 0.29) is 12.4 Å². The van der Waals surface area contributed by atoms with Gasteiger partial charge < -0.3 is 0 Å². The van der Waals surface area contributed by atoms with Gasteiger partial charge in [0.1, 0.15) is 0 Å². The van der Waals surface area contributed by atoms with Crippen LogP contribution in [0.15, 0.2) is 0 Å². The zero-order chi connectivity index (χ0) is 18.6. The molecule has 0 aromatic carbocycles. The molecule has 0 unspecified atom stereocenters. The Labute approximate surface area is 174 Å². The highest BCUT2D eigenvalue weighted by atomic mass is 35.5. The monoisotopic (exact) mass is 407 g/mol. The van der Waals surface area contributed by atoms with E-state index in [2.05, 4.69) is 27.7 Å². The molecule has 0 aromatic rings. The summed E-state index contributed by atoms with van der Waals surface area (Å²) in [5.74, 6) is 0. The normalized spacial score (nSPS) is 11.5. The van der Waals surface area contributed by atoms with Crippen LogP contribution in [0.5, 0.6) is 0 Å². The molecular formula is C24H53ClP. The third-order valence-corrected chi connectivity index (χ3v) is 11.0. The average molecular weight is 408 g/mol. The van der Waals surface area contributed by atoms with Gasteiger partial charge >= 0.3 is 0 Å². The summed E-state index contributed by atoms with van der Waals surface area (Å²) in [6.45, 7) is 9.46. The molecule has 0 bridgehead atoms. The Morgan fingerprint density at radius 3 is 0.962 bits per heavy atom. The summed E-state index contributed by atoms with van der Waals surface area (Å²) >= 11 is 0. The van der Waals surface area contributed by atoms with Gasteiger partial charge in [-0.1, -0.05) is 105 Å². The van der Waals surface area contributed by atoms with Gasteiger partial charge in [-0.2, -0.15) is 0 Å². The van der Waals surface area contributed by atoms with E-state index in [1.54, 1.807) is 31.1 Å². The molecule has 0 aliphatic rings. The number of rotatable bonds is 20. The first-order valence-corrected chi connectivity index (χ1v) is 14.6. The lowest BCUT2D eigenvalue weighted by Crippen LogP contribution is -2.13. The van der Waals surface area contributed by atoms with Crippen molar-refractivity contribution in [1.29, 1.82) is 0 Å². The molecule has 0 rings (SSSR count). The largest absolute Gasteiger partial charge is 0.147 e. The SMILES string of the molecule is CCCCCCCCCCCC[P](CCCC)(CCCC)CCCC.Cl. The average Bonchev–Trinajstić information content (AvgIpc) is 2.64. The van der Waals surface area contributed by atoms with Gasteiger partial charge in [-0.25, -0.2) is 0 Å². The molecule has 0 aliphatic heterocycles. The number of halogens is 1. The standard InChI is InChI=1S/C24H52P.ClH/c1-5-9-13-14-15-16-17-18-19-20-24-25(21-10-6-2,22-11-7-3)23-12-8-4;/h5-24H2,1-4H3;1H. The van der Waals surface area contributed by atoms with E-state index in [4.69, 9.17) is 0 Å². The van der Waals surface area contributed by atoms with Crippen molar-refractivity contribution in [2.24, 2.45) is 0 Å². The quantitative estimate of drug-likeness (QED) is 0.139. The third kappa shape index (κ3) is 16.9. The van der Waals surface area contributed by atoms with Gasteiger partial charge in [0.2, 0.25) is 0 Å². The minimum atomic E-state index is -0.620. The summed E-state index contributed by atoms with van der Waals surface area (Å²) < 4.78 is 0. The Morgan fingerprint density at radius 2 is 0.615 bits per heavy atom. The zero-order valence-electron chi connectivity index (χ0n) is 19.0. The van der Waals surface area contributed by atoms with Gasteiger partial charge in [-0.3, -0.25) is 0 Å². The van der Waals surface area contributed by atoms with E-state index in [0.717, 1.165) is 0 Å². The van der Waals surface area contributed by atoms with E-state index in [1.807, 2.05) is 0 Å². The molecule has 0 saturated carbocycles. The van der Waals surface area contributed by atoms with Crippen LogP contribution < -0.4 is 0 Å². The molecule has 0 heterocycles. The molecule has 1 radical (unpaired) electrons. The molecule has 0 fully saturated rings. The van der Waals surface area contributed by atoms with E-state index in [1.165, 1.54) is 96.3 Å². The first-order chi connectivity index (χ1) is 12.2. The predicted molar refractivity (Wildman–Crippen MR) is 130 cm³/mol. The lowest BCUT2D eigenvalue weighted by molar-refractivity contribution is 0.562. The molecule has 26 heavy (non-hydrogen) atoms. The lowest BCUT2D eigenvalue weighted by atomic mass is 10.1. The van der Waals surface area contributed by atoms with Crippen LogP contribution >= 0.6 is 19.7 Å². The second-order valence-electron chi connectivity index (χ2n) is 8.48. The van der Waals surface area contributed by atoms with Crippen LogP contribution in [0.25, 0.3) is 0 Å². The van der Waals surface area contributed by atoms with Gasteiger partial charge in [-0.15, -0.1) is 19.7 Å². The summed E-state index contributed by atoms with van der Waals surface area (Å²) in [5, 5.41) is 0. The number of hydrogen-bond acceptors (Lipinski definition) is 0. The molecule has 0 N–H and O–H groups in total. The topological polar surface area (TPSA) is 0 Å². The molecule has 0 saturated heterocycles. The summed E-state index contributed by atoms with van der Waals surface area (Å²) in [5.41, 5.74) is 0. The maximum absolute atomic E-state index is 2.38. The van der Waals surface area contributed by atoms with Crippen molar-refractivity contribution in [3.8, 4) is 0 Å². The Bertz CT molecular complexity index is 233. The van der Waals surface area contributed by atoms with Crippen LogP contribution in [0, 0.1) is 0 Å². The first-order valence-electron chi connectivity index (χ1n) is 12.1. The fourth-order valence-corrected chi connectivity index (χ4v) is 9.28. The van der Waals surface area contributed by atoms with E-state index < -0.39 is 7.26 Å². The van der Waals surface area contributed by atoms with E-state index in [9.17, 15) is 0 Å². The first kappa shape index (κ1) is 28.9. The Kier molecular flexibility index (Phi) is 24.5. The minimum Gasteiger partial charge on any atom is -0.147 e. The Morgan fingerprint density at radius 1 is 0.346 bits per heavy atom. The van der Waals surface area contributed by atoms with Crippen LogP contribution in [0.1, 0.15) is 130 Å².